The van der Waals surface area contributed by atoms with E-state index < -0.39 is 30.0 Å². The average molecular weight is 284 g/mol. The quantitative estimate of drug-likeness (QED) is 0.748. The summed E-state index contributed by atoms with van der Waals surface area (Å²) in [4.78, 5) is 23.0. The van der Waals surface area contributed by atoms with E-state index in [-0.39, 0.29) is 6.61 Å². The fourth-order valence-corrected chi connectivity index (χ4v) is 1.34. The van der Waals surface area contributed by atoms with Gasteiger partial charge >= 0.3 is 11.9 Å². The zero-order chi connectivity index (χ0) is 15.1. The van der Waals surface area contributed by atoms with E-state index >= 15 is 0 Å². The molecule has 1 aromatic carbocycles. The van der Waals surface area contributed by atoms with Crippen molar-refractivity contribution in [2.24, 2.45) is 0 Å². The molecule has 0 fully saturated rings. The summed E-state index contributed by atoms with van der Waals surface area (Å²) in [5.74, 6) is -1.38. The predicted molar refractivity (Wildman–Crippen MR) is 68.7 cm³/mol. The van der Waals surface area contributed by atoms with Gasteiger partial charge in [0.25, 0.3) is 0 Å². The Kier molecular flexibility index (Phi) is 5.96. The minimum absolute atomic E-state index is 0.211. The topological polar surface area (TPSA) is 61.8 Å². The van der Waals surface area contributed by atoms with Gasteiger partial charge < -0.3 is 14.2 Å². The molecule has 2 atom stereocenters. The molecule has 0 aromatic heterocycles. The van der Waals surface area contributed by atoms with Crippen molar-refractivity contribution in [1.29, 1.82) is 0 Å². The molecule has 0 aliphatic rings. The van der Waals surface area contributed by atoms with Gasteiger partial charge in [-0.25, -0.2) is 14.0 Å². The molecule has 1 aromatic rings. The van der Waals surface area contributed by atoms with E-state index in [1.165, 1.54) is 38.1 Å². The van der Waals surface area contributed by atoms with Crippen LogP contribution in [0.4, 0.5) is 4.39 Å². The van der Waals surface area contributed by atoms with Crippen LogP contribution < -0.4 is 4.74 Å². The summed E-state index contributed by atoms with van der Waals surface area (Å²) in [6.45, 7) is 4.76. The molecule has 0 spiro atoms. The number of benzene rings is 1. The smallest absolute Gasteiger partial charge is 0.347 e. The van der Waals surface area contributed by atoms with Crippen molar-refractivity contribution in [3.8, 4) is 5.75 Å². The maximum absolute atomic E-state index is 12.7. The van der Waals surface area contributed by atoms with E-state index in [9.17, 15) is 14.0 Å². The van der Waals surface area contributed by atoms with Crippen LogP contribution in [0.2, 0.25) is 0 Å². The average Bonchev–Trinajstić information content (AvgIpc) is 2.41. The number of carbonyl (C=O) groups excluding carboxylic acids is 2. The molecule has 0 unspecified atom stereocenters. The summed E-state index contributed by atoms with van der Waals surface area (Å²) in [5.41, 5.74) is 0. The van der Waals surface area contributed by atoms with E-state index in [1.807, 2.05) is 0 Å². The first-order valence-electron chi connectivity index (χ1n) is 6.23. The lowest BCUT2D eigenvalue weighted by atomic mass is 10.3. The van der Waals surface area contributed by atoms with Gasteiger partial charge in [-0.15, -0.1) is 0 Å². The number of rotatable bonds is 6. The van der Waals surface area contributed by atoms with Gasteiger partial charge in [0.05, 0.1) is 6.61 Å². The molecule has 0 amide bonds. The van der Waals surface area contributed by atoms with Crippen LogP contribution in [0.25, 0.3) is 0 Å². The number of hydrogen-bond acceptors (Lipinski definition) is 5. The molecule has 0 aliphatic carbocycles. The van der Waals surface area contributed by atoms with Crippen LogP contribution in [0.15, 0.2) is 24.3 Å². The van der Waals surface area contributed by atoms with Gasteiger partial charge in [-0.1, -0.05) is 0 Å². The second-order valence-corrected chi connectivity index (χ2v) is 4.05. The molecule has 0 saturated carbocycles. The molecule has 0 N–H and O–H groups in total. The summed E-state index contributed by atoms with van der Waals surface area (Å²) in [6.07, 6.45) is -1.92. The Morgan fingerprint density at radius 2 is 1.70 bits per heavy atom. The predicted octanol–water partition coefficient (Wildman–Crippen LogP) is 2.09. The highest BCUT2D eigenvalue weighted by molar-refractivity contribution is 5.81. The highest BCUT2D eigenvalue weighted by Gasteiger charge is 2.23. The first kappa shape index (κ1) is 15.9. The molecule has 1 rings (SSSR count). The SMILES string of the molecule is CCOC(=O)[C@H](C)OC(=O)[C@H](C)Oc1ccc(F)cc1. The molecule has 0 heterocycles. The lowest BCUT2D eigenvalue weighted by molar-refractivity contribution is -0.170. The number of ether oxygens (including phenoxy) is 3. The van der Waals surface area contributed by atoms with Gasteiger partial charge in [0.1, 0.15) is 11.6 Å². The molecule has 0 radical (unpaired) electrons. The van der Waals surface area contributed by atoms with E-state index in [0.29, 0.717) is 5.75 Å². The van der Waals surface area contributed by atoms with E-state index in [0.717, 1.165) is 0 Å². The van der Waals surface area contributed by atoms with Crippen molar-refractivity contribution in [1.82, 2.24) is 0 Å². The summed E-state index contributed by atoms with van der Waals surface area (Å²) in [7, 11) is 0. The monoisotopic (exact) mass is 284 g/mol. The summed E-state index contributed by atoms with van der Waals surface area (Å²) >= 11 is 0. The third-order valence-corrected chi connectivity index (χ3v) is 2.37. The second-order valence-electron chi connectivity index (χ2n) is 4.05. The molecule has 0 saturated heterocycles. The van der Waals surface area contributed by atoms with Crippen LogP contribution in [0.1, 0.15) is 20.8 Å². The number of carbonyl (C=O) groups is 2. The first-order chi connectivity index (χ1) is 9.43. The van der Waals surface area contributed by atoms with Crippen molar-refractivity contribution < 1.29 is 28.2 Å². The summed E-state index contributed by atoms with van der Waals surface area (Å²) in [6, 6.07) is 5.23. The molecule has 0 bridgehead atoms. The molecular formula is C14H17FO5. The third kappa shape index (κ3) is 4.87. The van der Waals surface area contributed by atoms with E-state index in [4.69, 9.17) is 14.2 Å². The minimum Gasteiger partial charge on any atom is -0.479 e. The molecule has 110 valence electrons. The van der Waals surface area contributed by atoms with Crippen LogP contribution in [0, 0.1) is 5.82 Å². The summed E-state index contributed by atoms with van der Waals surface area (Å²) in [5, 5.41) is 0. The fourth-order valence-electron chi connectivity index (χ4n) is 1.34. The molecule has 5 nitrogen and oxygen atoms in total. The standard InChI is InChI=1S/C14H17FO5/c1-4-18-13(16)9(2)20-14(17)10(3)19-12-7-5-11(15)6-8-12/h5-10H,4H2,1-3H3/t9-,10-/m0/s1. The Balaban J connectivity index is 2.50. The first-order valence-corrected chi connectivity index (χ1v) is 6.23. The van der Waals surface area contributed by atoms with Crippen LogP contribution in [-0.2, 0) is 19.1 Å². The normalized spacial score (nSPS) is 13.2. The van der Waals surface area contributed by atoms with Gasteiger partial charge in [-0.2, -0.15) is 0 Å². The van der Waals surface area contributed by atoms with E-state index in [2.05, 4.69) is 0 Å². The van der Waals surface area contributed by atoms with Gasteiger partial charge in [0.2, 0.25) is 0 Å². The number of halogens is 1. The van der Waals surface area contributed by atoms with Crippen LogP contribution in [-0.4, -0.2) is 30.8 Å². The van der Waals surface area contributed by atoms with Crippen LogP contribution >= 0.6 is 0 Å². The van der Waals surface area contributed by atoms with Crippen molar-refractivity contribution >= 4 is 11.9 Å². The van der Waals surface area contributed by atoms with Gasteiger partial charge in [0.15, 0.2) is 12.2 Å². The van der Waals surface area contributed by atoms with Gasteiger partial charge in [-0.3, -0.25) is 0 Å². The Bertz CT molecular complexity index is 457. The summed E-state index contributed by atoms with van der Waals surface area (Å²) < 4.78 is 27.6. The van der Waals surface area contributed by atoms with Crippen molar-refractivity contribution in [2.75, 3.05) is 6.61 Å². The van der Waals surface area contributed by atoms with Gasteiger partial charge in [-0.05, 0) is 45.0 Å². The highest BCUT2D eigenvalue weighted by atomic mass is 19.1. The molecule has 0 aliphatic heterocycles. The molecule has 20 heavy (non-hydrogen) atoms. The molecular weight excluding hydrogens is 267 g/mol. The van der Waals surface area contributed by atoms with Crippen molar-refractivity contribution in [2.45, 2.75) is 33.0 Å². The minimum atomic E-state index is -0.998. The number of esters is 2. The largest absolute Gasteiger partial charge is 0.479 e. The van der Waals surface area contributed by atoms with Crippen molar-refractivity contribution in [3.05, 3.63) is 30.1 Å². The van der Waals surface area contributed by atoms with Gasteiger partial charge in [0, 0.05) is 0 Å². The Morgan fingerprint density at radius 3 is 2.25 bits per heavy atom. The third-order valence-electron chi connectivity index (χ3n) is 2.37. The zero-order valence-corrected chi connectivity index (χ0v) is 11.6. The zero-order valence-electron chi connectivity index (χ0n) is 11.6. The van der Waals surface area contributed by atoms with Crippen molar-refractivity contribution in [3.63, 3.8) is 0 Å². The Labute approximate surface area is 116 Å². The fraction of sp³-hybridized carbons (Fsp3) is 0.429. The number of hydrogen-bond donors (Lipinski definition) is 0. The Morgan fingerprint density at radius 1 is 1.10 bits per heavy atom. The highest BCUT2D eigenvalue weighted by Crippen LogP contribution is 2.14. The maximum Gasteiger partial charge on any atom is 0.347 e. The Hall–Kier alpha value is -2.11. The maximum atomic E-state index is 12.7. The van der Waals surface area contributed by atoms with E-state index in [1.54, 1.807) is 6.92 Å². The lowest BCUT2D eigenvalue weighted by Gasteiger charge is -2.17. The van der Waals surface area contributed by atoms with Crippen LogP contribution in [0.3, 0.4) is 0 Å². The lowest BCUT2D eigenvalue weighted by Crippen LogP contribution is -2.33. The second kappa shape index (κ2) is 7.47. The van der Waals surface area contributed by atoms with Crippen LogP contribution in [0.5, 0.6) is 5.75 Å². The molecule has 6 heteroatoms.